The lowest BCUT2D eigenvalue weighted by molar-refractivity contribution is -0.00835. The average molecular weight is 384 g/mol. The van der Waals surface area contributed by atoms with Gasteiger partial charge in [-0.05, 0) is 43.9 Å². The number of nitrogens with zero attached hydrogens (tertiary/aromatic N) is 4. The minimum atomic E-state index is 0.0831. The molecule has 28 heavy (non-hydrogen) atoms. The Hall–Kier alpha value is -2.34. The van der Waals surface area contributed by atoms with Crippen molar-refractivity contribution in [2.24, 2.45) is 10.9 Å². The summed E-state index contributed by atoms with van der Waals surface area (Å²) in [5, 5.41) is 7.75. The highest BCUT2D eigenvalue weighted by molar-refractivity contribution is 5.80. The summed E-state index contributed by atoms with van der Waals surface area (Å²) in [5.41, 5.74) is 3.86. The predicted molar refractivity (Wildman–Crippen MR) is 114 cm³/mol. The minimum absolute atomic E-state index is 0.0831. The highest BCUT2D eigenvalue weighted by Crippen LogP contribution is 2.26. The van der Waals surface area contributed by atoms with Gasteiger partial charge in [0.05, 0.1) is 13.2 Å². The van der Waals surface area contributed by atoms with Gasteiger partial charge in [-0.2, -0.15) is 5.10 Å². The molecule has 152 valence electrons. The van der Waals surface area contributed by atoms with Crippen molar-refractivity contribution in [3.05, 3.63) is 53.3 Å². The molecule has 0 saturated carbocycles. The molecule has 0 aliphatic carbocycles. The van der Waals surface area contributed by atoms with Crippen LogP contribution in [0.1, 0.15) is 36.6 Å². The summed E-state index contributed by atoms with van der Waals surface area (Å²) in [4.78, 5) is 7.25. The molecule has 0 radical (unpaired) electrons. The molecule has 1 saturated heterocycles. The predicted octanol–water partition coefficient (Wildman–Crippen LogP) is 3.18. The molecule has 0 amide bonds. The summed E-state index contributed by atoms with van der Waals surface area (Å²) in [6.45, 7) is 13.5. The van der Waals surface area contributed by atoms with Gasteiger partial charge in [0.25, 0.3) is 0 Å². The summed E-state index contributed by atoms with van der Waals surface area (Å²) in [5.74, 6) is 1.40. The van der Waals surface area contributed by atoms with E-state index >= 15 is 0 Å². The van der Waals surface area contributed by atoms with Crippen LogP contribution in [0.4, 0.5) is 0 Å². The Morgan fingerprint density at radius 3 is 2.96 bits per heavy atom. The molecule has 3 rings (SSSR count). The molecule has 1 fully saturated rings. The van der Waals surface area contributed by atoms with Crippen molar-refractivity contribution in [1.29, 1.82) is 0 Å². The third-order valence-corrected chi connectivity index (χ3v) is 5.08. The van der Waals surface area contributed by atoms with Crippen molar-refractivity contribution < 1.29 is 4.74 Å². The number of benzene rings is 1. The third kappa shape index (κ3) is 5.35. The highest BCUT2D eigenvalue weighted by atomic mass is 16.5. The molecule has 0 bridgehead atoms. The van der Waals surface area contributed by atoms with Crippen LogP contribution in [0.5, 0.6) is 0 Å². The largest absolute Gasteiger partial charge is 0.370 e. The van der Waals surface area contributed by atoms with Crippen molar-refractivity contribution in [3.63, 3.8) is 0 Å². The van der Waals surface area contributed by atoms with E-state index in [1.807, 2.05) is 23.1 Å². The number of hydrogen-bond acceptors (Lipinski definition) is 3. The topological polar surface area (TPSA) is 54.7 Å². The van der Waals surface area contributed by atoms with Crippen LogP contribution in [0.15, 0.2) is 41.7 Å². The summed E-state index contributed by atoms with van der Waals surface area (Å²) >= 11 is 0. The van der Waals surface area contributed by atoms with E-state index in [1.54, 1.807) is 0 Å². The maximum absolute atomic E-state index is 6.10. The van der Waals surface area contributed by atoms with Crippen LogP contribution in [0.2, 0.25) is 0 Å². The molecule has 1 aliphatic rings. The first-order valence-corrected chi connectivity index (χ1v) is 10.3. The number of aliphatic imine (C=N–C) groups is 1. The SMILES string of the molecule is CCNC(=NCC(C)Cn1cccn1)N1CCOC(c2ccc(C)cc2C)C1. The molecule has 2 heterocycles. The van der Waals surface area contributed by atoms with Crippen molar-refractivity contribution in [3.8, 4) is 0 Å². The van der Waals surface area contributed by atoms with Crippen LogP contribution in [0, 0.1) is 19.8 Å². The first-order valence-electron chi connectivity index (χ1n) is 10.3. The summed E-state index contributed by atoms with van der Waals surface area (Å²) in [7, 11) is 0. The van der Waals surface area contributed by atoms with Gasteiger partial charge in [-0.15, -0.1) is 0 Å². The molecule has 1 N–H and O–H groups in total. The van der Waals surface area contributed by atoms with Gasteiger partial charge in [-0.3, -0.25) is 9.67 Å². The fourth-order valence-electron chi connectivity index (χ4n) is 3.67. The van der Waals surface area contributed by atoms with Gasteiger partial charge < -0.3 is 15.0 Å². The second kappa shape index (κ2) is 9.73. The van der Waals surface area contributed by atoms with Gasteiger partial charge >= 0.3 is 0 Å². The molecule has 2 aromatic rings. The average Bonchev–Trinajstić information content (AvgIpc) is 3.18. The fraction of sp³-hybridized carbons (Fsp3) is 0.545. The quantitative estimate of drug-likeness (QED) is 0.615. The van der Waals surface area contributed by atoms with E-state index in [1.165, 1.54) is 16.7 Å². The first kappa shape index (κ1) is 20.4. The van der Waals surface area contributed by atoms with Gasteiger partial charge in [-0.1, -0.05) is 30.7 Å². The van der Waals surface area contributed by atoms with Crippen LogP contribution >= 0.6 is 0 Å². The lowest BCUT2D eigenvalue weighted by Gasteiger charge is -2.36. The number of ether oxygens (including phenoxy) is 1. The van der Waals surface area contributed by atoms with E-state index in [0.717, 1.165) is 38.7 Å². The molecule has 6 nitrogen and oxygen atoms in total. The fourth-order valence-corrected chi connectivity index (χ4v) is 3.67. The Kier molecular flexibility index (Phi) is 7.09. The number of hydrogen-bond donors (Lipinski definition) is 1. The number of aryl methyl sites for hydroxylation is 2. The Bertz CT molecular complexity index is 771. The Labute approximate surface area is 168 Å². The zero-order valence-electron chi connectivity index (χ0n) is 17.6. The molecule has 2 unspecified atom stereocenters. The Balaban J connectivity index is 1.66. The summed E-state index contributed by atoms with van der Waals surface area (Å²) in [6.07, 6.45) is 3.91. The summed E-state index contributed by atoms with van der Waals surface area (Å²) in [6, 6.07) is 8.56. The van der Waals surface area contributed by atoms with Crippen molar-refractivity contribution in [2.45, 2.75) is 40.3 Å². The van der Waals surface area contributed by atoms with E-state index in [9.17, 15) is 0 Å². The van der Waals surface area contributed by atoms with Crippen LogP contribution in [0.25, 0.3) is 0 Å². The zero-order chi connectivity index (χ0) is 19.9. The normalized spacial score (nSPS) is 18.9. The van der Waals surface area contributed by atoms with E-state index in [2.05, 4.69) is 61.2 Å². The van der Waals surface area contributed by atoms with Crippen molar-refractivity contribution >= 4 is 5.96 Å². The highest BCUT2D eigenvalue weighted by Gasteiger charge is 2.25. The molecule has 2 atom stereocenters. The smallest absolute Gasteiger partial charge is 0.194 e. The lowest BCUT2D eigenvalue weighted by atomic mass is 10.00. The number of nitrogens with one attached hydrogen (secondary N) is 1. The Morgan fingerprint density at radius 1 is 1.39 bits per heavy atom. The number of guanidine groups is 1. The molecule has 1 aromatic carbocycles. The van der Waals surface area contributed by atoms with E-state index < -0.39 is 0 Å². The maximum atomic E-state index is 6.10. The van der Waals surface area contributed by atoms with E-state index in [4.69, 9.17) is 9.73 Å². The standard InChI is InChI=1S/C22H33N5O/c1-5-23-22(24-14-18(3)15-27-10-6-9-25-27)26-11-12-28-21(16-26)20-8-7-17(2)13-19(20)4/h6-10,13,18,21H,5,11-12,14-16H2,1-4H3,(H,23,24). The summed E-state index contributed by atoms with van der Waals surface area (Å²) < 4.78 is 8.07. The molecule has 1 aliphatic heterocycles. The van der Waals surface area contributed by atoms with Crippen LogP contribution in [-0.4, -0.2) is 53.4 Å². The maximum Gasteiger partial charge on any atom is 0.194 e. The van der Waals surface area contributed by atoms with Crippen LogP contribution < -0.4 is 5.32 Å². The van der Waals surface area contributed by atoms with Gasteiger partial charge in [0, 0.05) is 38.6 Å². The number of aromatic nitrogens is 2. The first-order chi connectivity index (χ1) is 13.6. The zero-order valence-corrected chi connectivity index (χ0v) is 17.6. The van der Waals surface area contributed by atoms with Crippen LogP contribution in [-0.2, 0) is 11.3 Å². The molecule has 1 aromatic heterocycles. The number of morpholine rings is 1. The van der Waals surface area contributed by atoms with Gasteiger partial charge in [0.15, 0.2) is 5.96 Å². The van der Waals surface area contributed by atoms with Crippen molar-refractivity contribution in [2.75, 3.05) is 32.8 Å². The van der Waals surface area contributed by atoms with Crippen LogP contribution in [0.3, 0.4) is 0 Å². The second-order valence-electron chi connectivity index (χ2n) is 7.69. The van der Waals surface area contributed by atoms with E-state index in [0.29, 0.717) is 12.5 Å². The van der Waals surface area contributed by atoms with Gasteiger partial charge in [0.2, 0.25) is 0 Å². The number of rotatable bonds is 6. The monoisotopic (exact) mass is 383 g/mol. The van der Waals surface area contributed by atoms with Crippen molar-refractivity contribution in [1.82, 2.24) is 20.0 Å². The van der Waals surface area contributed by atoms with Gasteiger partial charge in [-0.25, -0.2) is 0 Å². The molecule has 6 heteroatoms. The Morgan fingerprint density at radius 2 is 2.25 bits per heavy atom. The second-order valence-corrected chi connectivity index (χ2v) is 7.69. The third-order valence-electron chi connectivity index (χ3n) is 5.08. The van der Waals surface area contributed by atoms with Gasteiger partial charge in [0.1, 0.15) is 6.10 Å². The molecule has 0 spiro atoms. The molecular formula is C22H33N5O. The lowest BCUT2D eigenvalue weighted by Crippen LogP contribution is -2.48. The molecular weight excluding hydrogens is 350 g/mol. The van der Waals surface area contributed by atoms with E-state index in [-0.39, 0.29) is 6.10 Å². The minimum Gasteiger partial charge on any atom is -0.370 e.